The lowest BCUT2D eigenvalue weighted by Gasteiger charge is -2.18. The number of rotatable bonds is 6. The van der Waals surface area contributed by atoms with Crippen LogP contribution in [0.2, 0.25) is 0 Å². The number of nitrogens with one attached hydrogen (secondary N) is 1. The van der Waals surface area contributed by atoms with Crippen LogP contribution in [0.25, 0.3) is 0 Å². The summed E-state index contributed by atoms with van der Waals surface area (Å²) in [7, 11) is 0. The molecule has 1 rings (SSSR count). The average molecular weight is 229 g/mol. The van der Waals surface area contributed by atoms with E-state index in [1.54, 1.807) is 0 Å². The summed E-state index contributed by atoms with van der Waals surface area (Å²) >= 11 is 0. The van der Waals surface area contributed by atoms with Crippen LogP contribution in [0, 0.1) is 11.8 Å². The van der Waals surface area contributed by atoms with Gasteiger partial charge in [0, 0.05) is 13.2 Å². The molecule has 0 radical (unpaired) electrons. The second kappa shape index (κ2) is 6.86. The Morgan fingerprint density at radius 3 is 2.75 bits per heavy atom. The summed E-state index contributed by atoms with van der Waals surface area (Å²) < 4.78 is 5.21. The maximum atomic E-state index is 11.4. The molecule has 1 aliphatic carbocycles. The van der Waals surface area contributed by atoms with E-state index in [4.69, 9.17) is 9.84 Å². The third kappa shape index (κ3) is 4.49. The Kier molecular flexibility index (Phi) is 5.77. The highest BCUT2D eigenvalue weighted by atomic mass is 16.5. The average Bonchev–Trinajstić information content (AvgIpc) is 2.70. The predicted octanol–water partition coefficient (Wildman–Crippen LogP) is 0.936. The highest BCUT2D eigenvalue weighted by Gasteiger charge is 2.26. The van der Waals surface area contributed by atoms with E-state index >= 15 is 0 Å². The predicted molar refractivity (Wildman–Crippen MR) is 62.0 cm³/mol. The van der Waals surface area contributed by atoms with E-state index in [0.29, 0.717) is 18.4 Å². The van der Waals surface area contributed by atoms with E-state index in [-0.39, 0.29) is 25.2 Å². The zero-order valence-corrected chi connectivity index (χ0v) is 10.2. The molecule has 0 spiro atoms. The van der Waals surface area contributed by atoms with Crippen LogP contribution in [0.1, 0.15) is 33.1 Å². The molecule has 0 heterocycles. The minimum absolute atomic E-state index is 0.0581. The number of aliphatic hydroxyl groups is 1. The van der Waals surface area contributed by atoms with Crippen molar-refractivity contribution < 1.29 is 14.6 Å². The fourth-order valence-corrected chi connectivity index (χ4v) is 2.16. The molecule has 0 aromatic carbocycles. The van der Waals surface area contributed by atoms with E-state index in [9.17, 15) is 4.79 Å². The molecule has 2 atom stereocenters. The van der Waals surface area contributed by atoms with E-state index in [2.05, 4.69) is 5.32 Å². The third-order valence-electron chi connectivity index (χ3n) is 3.16. The normalized spacial score (nSPS) is 25.0. The van der Waals surface area contributed by atoms with Crippen LogP contribution in [0.4, 0.5) is 0 Å². The first-order chi connectivity index (χ1) is 7.63. The van der Waals surface area contributed by atoms with Crippen LogP contribution >= 0.6 is 0 Å². The van der Waals surface area contributed by atoms with Gasteiger partial charge >= 0.3 is 0 Å². The second-order valence-corrected chi connectivity index (χ2v) is 4.80. The molecule has 1 saturated carbocycles. The van der Waals surface area contributed by atoms with Crippen LogP contribution < -0.4 is 5.32 Å². The molecule has 4 nitrogen and oxygen atoms in total. The van der Waals surface area contributed by atoms with Crippen LogP contribution in [-0.2, 0) is 9.53 Å². The van der Waals surface area contributed by atoms with E-state index in [1.807, 2.05) is 13.8 Å². The Hall–Kier alpha value is -0.610. The van der Waals surface area contributed by atoms with Crippen molar-refractivity contribution in [1.29, 1.82) is 0 Å². The first-order valence-electron chi connectivity index (χ1n) is 6.12. The van der Waals surface area contributed by atoms with Crippen LogP contribution in [-0.4, -0.2) is 36.9 Å². The first-order valence-corrected chi connectivity index (χ1v) is 6.12. The van der Waals surface area contributed by atoms with Gasteiger partial charge in [0.2, 0.25) is 5.91 Å². The minimum atomic E-state index is -0.0581. The van der Waals surface area contributed by atoms with Crippen molar-refractivity contribution in [2.24, 2.45) is 11.8 Å². The molecular weight excluding hydrogens is 206 g/mol. The summed E-state index contributed by atoms with van der Waals surface area (Å²) in [5.41, 5.74) is 0. The van der Waals surface area contributed by atoms with Crippen molar-refractivity contribution in [2.45, 2.75) is 39.2 Å². The monoisotopic (exact) mass is 229 g/mol. The van der Waals surface area contributed by atoms with Gasteiger partial charge in [-0.2, -0.15) is 0 Å². The number of ether oxygens (including phenoxy) is 1. The molecule has 16 heavy (non-hydrogen) atoms. The third-order valence-corrected chi connectivity index (χ3v) is 3.16. The Labute approximate surface area is 97.4 Å². The molecule has 94 valence electrons. The van der Waals surface area contributed by atoms with Crippen molar-refractivity contribution >= 4 is 5.91 Å². The second-order valence-electron chi connectivity index (χ2n) is 4.80. The molecule has 2 N–H and O–H groups in total. The minimum Gasteiger partial charge on any atom is -0.396 e. The standard InChI is InChI=1S/C12H23NO3/c1-9(2)16-8-12(15)13-6-10-4-3-5-11(10)7-14/h9-11,14H,3-8H2,1-2H3,(H,13,15). The Bertz CT molecular complexity index is 218. The number of amides is 1. The number of carbonyl (C=O) groups excluding carboxylic acids is 1. The number of hydrogen-bond acceptors (Lipinski definition) is 3. The van der Waals surface area contributed by atoms with Crippen molar-refractivity contribution in [1.82, 2.24) is 5.32 Å². The Morgan fingerprint density at radius 1 is 1.44 bits per heavy atom. The Balaban J connectivity index is 2.16. The van der Waals surface area contributed by atoms with Gasteiger partial charge in [0.15, 0.2) is 0 Å². The topological polar surface area (TPSA) is 58.6 Å². The number of hydrogen-bond donors (Lipinski definition) is 2. The maximum Gasteiger partial charge on any atom is 0.246 e. The van der Waals surface area contributed by atoms with Crippen LogP contribution in [0.5, 0.6) is 0 Å². The van der Waals surface area contributed by atoms with E-state index in [0.717, 1.165) is 19.3 Å². The van der Waals surface area contributed by atoms with Gasteiger partial charge in [0.1, 0.15) is 6.61 Å². The lowest BCUT2D eigenvalue weighted by Crippen LogP contribution is -2.34. The number of carbonyl (C=O) groups is 1. The SMILES string of the molecule is CC(C)OCC(=O)NCC1CCCC1CO. The van der Waals surface area contributed by atoms with Gasteiger partial charge in [0.05, 0.1) is 6.10 Å². The molecule has 1 amide bonds. The van der Waals surface area contributed by atoms with Crippen LogP contribution in [0.15, 0.2) is 0 Å². The zero-order chi connectivity index (χ0) is 12.0. The lowest BCUT2D eigenvalue weighted by molar-refractivity contribution is -0.127. The molecule has 0 aliphatic heterocycles. The fraction of sp³-hybridized carbons (Fsp3) is 0.917. The summed E-state index contributed by atoms with van der Waals surface area (Å²) in [6, 6.07) is 0. The van der Waals surface area contributed by atoms with Gasteiger partial charge < -0.3 is 15.2 Å². The summed E-state index contributed by atoms with van der Waals surface area (Å²) in [5, 5.41) is 12.0. The van der Waals surface area contributed by atoms with E-state index < -0.39 is 0 Å². The van der Waals surface area contributed by atoms with Gasteiger partial charge in [-0.15, -0.1) is 0 Å². The van der Waals surface area contributed by atoms with Crippen molar-refractivity contribution in [3.63, 3.8) is 0 Å². The molecular formula is C12H23NO3. The molecule has 2 unspecified atom stereocenters. The molecule has 0 aromatic heterocycles. The summed E-state index contributed by atoms with van der Waals surface area (Å²) in [6.07, 6.45) is 3.44. The largest absolute Gasteiger partial charge is 0.396 e. The molecule has 0 aromatic rings. The first kappa shape index (κ1) is 13.5. The highest BCUT2D eigenvalue weighted by molar-refractivity contribution is 5.77. The van der Waals surface area contributed by atoms with Gasteiger partial charge in [-0.3, -0.25) is 4.79 Å². The highest BCUT2D eigenvalue weighted by Crippen LogP contribution is 2.30. The van der Waals surface area contributed by atoms with Gasteiger partial charge in [0.25, 0.3) is 0 Å². The summed E-state index contributed by atoms with van der Waals surface area (Å²) in [6.45, 7) is 4.86. The maximum absolute atomic E-state index is 11.4. The number of aliphatic hydroxyl groups excluding tert-OH is 1. The Morgan fingerprint density at radius 2 is 2.12 bits per heavy atom. The molecule has 0 bridgehead atoms. The molecule has 1 aliphatic rings. The van der Waals surface area contributed by atoms with Gasteiger partial charge in [-0.25, -0.2) is 0 Å². The van der Waals surface area contributed by atoms with Gasteiger partial charge in [-0.1, -0.05) is 6.42 Å². The molecule has 0 saturated heterocycles. The molecule has 4 heteroatoms. The molecule has 1 fully saturated rings. The van der Waals surface area contributed by atoms with Crippen LogP contribution in [0.3, 0.4) is 0 Å². The quantitative estimate of drug-likeness (QED) is 0.712. The zero-order valence-electron chi connectivity index (χ0n) is 10.2. The van der Waals surface area contributed by atoms with Crippen molar-refractivity contribution in [3.8, 4) is 0 Å². The smallest absolute Gasteiger partial charge is 0.246 e. The van der Waals surface area contributed by atoms with Crippen molar-refractivity contribution in [2.75, 3.05) is 19.8 Å². The fourth-order valence-electron chi connectivity index (χ4n) is 2.16. The lowest BCUT2D eigenvalue weighted by atomic mass is 9.97. The van der Waals surface area contributed by atoms with E-state index in [1.165, 1.54) is 0 Å². The van der Waals surface area contributed by atoms with Crippen molar-refractivity contribution in [3.05, 3.63) is 0 Å². The summed E-state index contributed by atoms with van der Waals surface area (Å²) in [5.74, 6) is 0.747. The van der Waals surface area contributed by atoms with Gasteiger partial charge in [-0.05, 0) is 38.5 Å². The summed E-state index contributed by atoms with van der Waals surface area (Å²) in [4.78, 5) is 11.4.